The van der Waals surface area contributed by atoms with Crippen molar-refractivity contribution in [2.45, 2.75) is 36.3 Å². The first-order chi connectivity index (χ1) is 12.7. The van der Waals surface area contributed by atoms with Crippen LogP contribution in [-0.4, -0.2) is 51.9 Å². The number of benzene rings is 1. The van der Waals surface area contributed by atoms with E-state index in [1.807, 2.05) is 30.4 Å². The summed E-state index contributed by atoms with van der Waals surface area (Å²) in [6, 6.07) is 10.7. The molecule has 2 aromatic rings. The van der Waals surface area contributed by atoms with Crippen LogP contribution in [0.25, 0.3) is 0 Å². The Morgan fingerprint density at radius 2 is 1.85 bits per heavy atom. The molecular weight excluding hydrogens is 344 g/mol. The van der Waals surface area contributed by atoms with Gasteiger partial charge in [-0.05, 0) is 18.4 Å². The fraction of sp³-hybridized carbons (Fsp3) is 0.450. The molecule has 0 radical (unpaired) electrons. The fourth-order valence-corrected chi connectivity index (χ4v) is 4.60. The second-order valence-electron chi connectivity index (χ2n) is 7.22. The number of thioether (sulfide) groups is 1. The van der Waals surface area contributed by atoms with Crippen molar-refractivity contribution in [3.8, 4) is 0 Å². The molecular formula is C20H24N4OS. The van der Waals surface area contributed by atoms with Gasteiger partial charge in [-0.15, -0.1) is 0 Å². The lowest BCUT2D eigenvalue weighted by atomic mass is 9.95. The molecule has 0 spiro atoms. The molecule has 26 heavy (non-hydrogen) atoms. The summed E-state index contributed by atoms with van der Waals surface area (Å²) in [5, 5.41) is 0.809. The third-order valence-electron chi connectivity index (χ3n) is 5.34. The van der Waals surface area contributed by atoms with Crippen molar-refractivity contribution in [1.29, 1.82) is 0 Å². The predicted molar refractivity (Wildman–Crippen MR) is 103 cm³/mol. The number of carbonyl (C=O) groups is 1. The van der Waals surface area contributed by atoms with Crippen LogP contribution < -0.4 is 0 Å². The maximum absolute atomic E-state index is 12.3. The summed E-state index contributed by atoms with van der Waals surface area (Å²) in [6.07, 6.45) is 6.00. The van der Waals surface area contributed by atoms with E-state index in [0.717, 1.165) is 48.9 Å². The minimum atomic E-state index is 0.153. The zero-order chi connectivity index (χ0) is 17.9. The highest BCUT2D eigenvalue weighted by molar-refractivity contribution is 7.98. The summed E-state index contributed by atoms with van der Waals surface area (Å²) in [6.45, 7) is 2.62. The highest BCUT2D eigenvalue weighted by Gasteiger charge is 2.38. The van der Waals surface area contributed by atoms with Crippen molar-refractivity contribution >= 4 is 17.7 Å². The summed E-state index contributed by atoms with van der Waals surface area (Å²) in [4.78, 5) is 25.7. The van der Waals surface area contributed by atoms with Gasteiger partial charge in [0.25, 0.3) is 0 Å². The molecule has 3 aliphatic heterocycles. The first-order valence-electron chi connectivity index (χ1n) is 9.16. The number of carbonyl (C=O) groups excluding carboxylic acids is 1. The Hall–Kier alpha value is -1.92. The topological polar surface area (TPSA) is 49.3 Å². The first kappa shape index (κ1) is 17.5. The minimum Gasteiger partial charge on any atom is -0.341 e. The van der Waals surface area contributed by atoms with Gasteiger partial charge in [-0.25, -0.2) is 9.97 Å². The van der Waals surface area contributed by atoms with Crippen LogP contribution >= 0.6 is 11.8 Å². The highest BCUT2D eigenvalue weighted by Crippen LogP contribution is 2.28. The molecule has 0 aliphatic carbocycles. The van der Waals surface area contributed by atoms with Crippen LogP contribution in [0.4, 0.5) is 0 Å². The Morgan fingerprint density at radius 3 is 2.62 bits per heavy atom. The second kappa shape index (κ2) is 7.76. The number of fused-ring (bicyclic) bond motifs is 4. The first-order valence-corrected chi connectivity index (χ1v) is 10.1. The zero-order valence-corrected chi connectivity index (χ0v) is 15.9. The Bertz CT molecular complexity index is 752. The lowest BCUT2D eigenvalue weighted by Crippen LogP contribution is -2.45. The van der Waals surface area contributed by atoms with Crippen molar-refractivity contribution in [3.05, 3.63) is 53.9 Å². The smallest absolute Gasteiger partial charge is 0.227 e. The number of aromatic nitrogens is 2. The largest absolute Gasteiger partial charge is 0.341 e. The van der Waals surface area contributed by atoms with Gasteiger partial charge in [0, 0.05) is 56.4 Å². The molecule has 3 saturated heterocycles. The molecule has 2 bridgehead atoms. The average Bonchev–Trinajstić information content (AvgIpc) is 2.94. The van der Waals surface area contributed by atoms with Crippen LogP contribution in [0, 0.1) is 5.92 Å². The van der Waals surface area contributed by atoms with E-state index in [2.05, 4.69) is 39.1 Å². The van der Waals surface area contributed by atoms with Gasteiger partial charge in [-0.3, -0.25) is 9.69 Å². The number of piperidine rings is 1. The van der Waals surface area contributed by atoms with Gasteiger partial charge in [0.05, 0.1) is 5.92 Å². The van der Waals surface area contributed by atoms with Crippen LogP contribution in [0.15, 0.2) is 47.9 Å². The number of amides is 1. The maximum Gasteiger partial charge on any atom is 0.227 e. The van der Waals surface area contributed by atoms with Crippen molar-refractivity contribution in [2.24, 2.45) is 5.92 Å². The summed E-state index contributed by atoms with van der Waals surface area (Å²) in [5.74, 6) is 1.34. The number of rotatable bonds is 5. The molecule has 2 atom stereocenters. The van der Waals surface area contributed by atoms with E-state index in [1.54, 1.807) is 11.8 Å². The molecule has 0 N–H and O–H groups in total. The van der Waals surface area contributed by atoms with Crippen LogP contribution in [0.2, 0.25) is 0 Å². The van der Waals surface area contributed by atoms with Crippen LogP contribution in [0.5, 0.6) is 0 Å². The van der Waals surface area contributed by atoms with Crippen molar-refractivity contribution < 1.29 is 4.79 Å². The monoisotopic (exact) mass is 368 g/mol. The van der Waals surface area contributed by atoms with Crippen LogP contribution in [-0.2, 0) is 17.1 Å². The molecule has 4 heterocycles. The number of hydrogen-bond acceptors (Lipinski definition) is 5. The lowest BCUT2D eigenvalue weighted by Gasteiger charge is -2.32. The fourth-order valence-electron chi connectivity index (χ4n) is 3.85. The molecule has 1 aromatic carbocycles. The molecule has 5 rings (SSSR count). The van der Waals surface area contributed by atoms with E-state index in [0.29, 0.717) is 11.9 Å². The van der Waals surface area contributed by atoms with Gasteiger partial charge in [0.15, 0.2) is 5.16 Å². The molecule has 136 valence electrons. The van der Waals surface area contributed by atoms with Gasteiger partial charge in [0.2, 0.25) is 5.91 Å². The lowest BCUT2D eigenvalue weighted by molar-refractivity contribution is -0.138. The van der Waals surface area contributed by atoms with E-state index < -0.39 is 0 Å². The standard InChI is InChI=1S/C20H24N4OS/c1-23-18-8-7-17(19(23)25)12-24(13-18)11-16-9-21-20(22-10-16)26-14-15-5-3-2-4-6-15/h2-6,9-10,17-18H,7-8,11-14H2,1H3/t17-,18+/m1/s1. The predicted octanol–water partition coefficient (Wildman–Crippen LogP) is 2.82. The van der Waals surface area contributed by atoms with Crippen LogP contribution in [0.1, 0.15) is 24.0 Å². The molecule has 6 heteroatoms. The maximum atomic E-state index is 12.3. The van der Waals surface area contributed by atoms with E-state index in [1.165, 1.54) is 5.56 Å². The number of hydrogen-bond donors (Lipinski definition) is 0. The van der Waals surface area contributed by atoms with Crippen molar-refractivity contribution in [1.82, 2.24) is 19.8 Å². The van der Waals surface area contributed by atoms with Gasteiger partial charge in [0.1, 0.15) is 0 Å². The van der Waals surface area contributed by atoms with Crippen LogP contribution in [0.3, 0.4) is 0 Å². The third kappa shape index (κ3) is 3.91. The second-order valence-corrected chi connectivity index (χ2v) is 8.16. The molecule has 1 aromatic heterocycles. The van der Waals surface area contributed by atoms with Gasteiger partial charge in [-0.1, -0.05) is 42.1 Å². The highest BCUT2D eigenvalue weighted by atomic mass is 32.2. The summed E-state index contributed by atoms with van der Waals surface area (Å²) in [7, 11) is 1.95. The summed E-state index contributed by atoms with van der Waals surface area (Å²) >= 11 is 1.66. The normalized spacial score (nSPS) is 23.3. The summed E-state index contributed by atoms with van der Waals surface area (Å²) < 4.78 is 0. The molecule has 5 nitrogen and oxygen atoms in total. The third-order valence-corrected chi connectivity index (χ3v) is 6.29. The van der Waals surface area contributed by atoms with E-state index in [-0.39, 0.29) is 5.92 Å². The summed E-state index contributed by atoms with van der Waals surface area (Å²) in [5.41, 5.74) is 2.39. The van der Waals surface area contributed by atoms with Crippen molar-refractivity contribution in [3.63, 3.8) is 0 Å². The molecule has 0 saturated carbocycles. The Kier molecular flexibility index (Phi) is 5.22. The van der Waals surface area contributed by atoms with E-state index in [9.17, 15) is 4.79 Å². The number of nitrogens with zero attached hydrogens (tertiary/aromatic N) is 4. The Balaban J connectivity index is 1.35. The van der Waals surface area contributed by atoms with Crippen molar-refractivity contribution in [2.75, 3.05) is 20.1 Å². The van der Waals surface area contributed by atoms with Gasteiger partial charge >= 0.3 is 0 Å². The molecule has 3 aliphatic rings. The molecule has 1 amide bonds. The van der Waals surface area contributed by atoms with Gasteiger partial charge in [-0.2, -0.15) is 0 Å². The Labute approximate surface area is 158 Å². The number of likely N-dealkylation sites (N-methyl/N-ethyl adjacent to an activating group) is 1. The average molecular weight is 369 g/mol. The SMILES string of the molecule is CN1C(=O)[C@@H]2CC[C@H]1CN(Cc1cnc(SCc3ccccc3)nc1)C2. The van der Waals surface area contributed by atoms with E-state index >= 15 is 0 Å². The zero-order valence-electron chi connectivity index (χ0n) is 15.0. The van der Waals surface area contributed by atoms with Gasteiger partial charge < -0.3 is 4.90 Å². The Morgan fingerprint density at radius 1 is 1.08 bits per heavy atom. The quantitative estimate of drug-likeness (QED) is 0.600. The minimum absolute atomic E-state index is 0.153. The molecule has 3 fully saturated rings. The molecule has 0 unspecified atom stereocenters. The van der Waals surface area contributed by atoms with E-state index in [4.69, 9.17) is 0 Å².